The topological polar surface area (TPSA) is 98.1 Å². The summed E-state index contributed by atoms with van der Waals surface area (Å²) < 4.78 is 7.04. The molecule has 9 heteroatoms. The van der Waals surface area contributed by atoms with Crippen LogP contribution >= 0.6 is 11.8 Å². The van der Waals surface area contributed by atoms with Gasteiger partial charge in [0.15, 0.2) is 5.16 Å². The molecule has 142 valence electrons. The fourth-order valence-corrected chi connectivity index (χ4v) is 3.70. The van der Waals surface area contributed by atoms with Crippen molar-refractivity contribution in [3.05, 3.63) is 47.9 Å². The smallest absolute Gasteiger partial charge is 0.337 e. The van der Waals surface area contributed by atoms with Gasteiger partial charge in [0.1, 0.15) is 6.33 Å². The van der Waals surface area contributed by atoms with E-state index in [1.165, 1.54) is 11.8 Å². The third kappa shape index (κ3) is 4.30. The van der Waals surface area contributed by atoms with E-state index >= 15 is 0 Å². The molecule has 0 unspecified atom stereocenters. The standard InChI is InChI=1S/C18H21N5O3S/c1-3-13-15(16(24)26-4-2)14(21-17(25)20-13)10-27-18-22-19-11-23(18)12-8-6-5-7-9-12/h5-9,11,13H,3-4,10H2,1-2H3,(H2,20,21,25)/t13-/m0/s1. The molecule has 1 aromatic heterocycles. The predicted molar refractivity (Wildman–Crippen MR) is 101 cm³/mol. The van der Waals surface area contributed by atoms with Gasteiger partial charge in [0.2, 0.25) is 0 Å². The maximum absolute atomic E-state index is 12.4. The van der Waals surface area contributed by atoms with E-state index < -0.39 is 5.97 Å². The van der Waals surface area contributed by atoms with Crippen LogP contribution in [0.5, 0.6) is 0 Å². The second-order valence-electron chi connectivity index (χ2n) is 5.78. The zero-order valence-electron chi connectivity index (χ0n) is 15.1. The minimum atomic E-state index is -0.419. The van der Waals surface area contributed by atoms with Gasteiger partial charge < -0.3 is 15.4 Å². The van der Waals surface area contributed by atoms with Crippen LogP contribution in [-0.2, 0) is 9.53 Å². The van der Waals surface area contributed by atoms with E-state index in [2.05, 4.69) is 20.8 Å². The van der Waals surface area contributed by atoms with Crippen molar-refractivity contribution in [2.24, 2.45) is 0 Å². The second-order valence-corrected chi connectivity index (χ2v) is 6.72. The van der Waals surface area contributed by atoms with Gasteiger partial charge in [-0.1, -0.05) is 36.9 Å². The number of carbonyl (C=O) groups is 2. The van der Waals surface area contributed by atoms with E-state index in [9.17, 15) is 9.59 Å². The second kappa shape index (κ2) is 8.72. The highest BCUT2D eigenvalue weighted by atomic mass is 32.2. The van der Waals surface area contributed by atoms with Crippen LogP contribution in [0.4, 0.5) is 4.79 Å². The van der Waals surface area contributed by atoms with Crippen LogP contribution in [0.15, 0.2) is 53.1 Å². The minimum Gasteiger partial charge on any atom is -0.463 e. The predicted octanol–water partition coefficient (Wildman–Crippen LogP) is 2.27. The molecule has 2 heterocycles. The highest BCUT2D eigenvalue weighted by molar-refractivity contribution is 7.99. The Morgan fingerprint density at radius 2 is 2.07 bits per heavy atom. The zero-order valence-corrected chi connectivity index (χ0v) is 16.0. The summed E-state index contributed by atoms with van der Waals surface area (Å²) in [5.41, 5.74) is 1.93. The number of carbonyl (C=O) groups excluding carboxylic acids is 2. The third-order valence-corrected chi connectivity index (χ3v) is 5.01. The quantitative estimate of drug-likeness (QED) is 0.559. The molecule has 1 atom stereocenters. The lowest BCUT2D eigenvalue weighted by atomic mass is 10.0. The van der Waals surface area contributed by atoms with Crippen LogP contribution in [0.3, 0.4) is 0 Å². The van der Waals surface area contributed by atoms with Gasteiger partial charge in [-0.05, 0) is 25.5 Å². The number of thioether (sulfide) groups is 1. The molecule has 0 spiro atoms. The molecule has 27 heavy (non-hydrogen) atoms. The molecule has 2 amide bonds. The summed E-state index contributed by atoms with van der Waals surface area (Å²) >= 11 is 1.39. The summed E-state index contributed by atoms with van der Waals surface area (Å²) in [5.74, 6) is -0.0548. The minimum absolute atomic E-state index is 0.273. The molecule has 1 aliphatic rings. The third-order valence-electron chi connectivity index (χ3n) is 4.04. The average Bonchev–Trinajstić information content (AvgIpc) is 3.15. The molecule has 3 rings (SSSR count). The van der Waals surface area contributed by atoms with Crippen molar-refractivity contribution in [2.75, 3.05) is 12.4 Å². The van der Waals surface area contributed by atoms with Crippen LogP contribution in [0.1, 0.15) is 20.3 Å². The summed E-state index contributed by atoms with van der Waals surface area (Å²) in [5, 5.41) is 14.3. The monoisotopic (exact) mass is 387 g/mol. The molecule has 0 radical (unpaired) electrons. The Labute approximate surface area is 161 Å². The van der Waals surface area contributed by atoms with Crippen molar-refractivity contribution in [3.8, 4) is 5.69 Å². The first-order chi connectivity index (χ1) is 13.1. The Kier molecular flexibility index (Phi) is 6.12. The molecule has 8 nitrogen and oxygen atoms in total. The normalized spacial score (nSPS) is 16.7. The molecule has 0 fully saturated rings. The number of hydrogen-bond acceptors (Lipinski definition) is 6. The molecular weight excluding hydrogens is 366 g/mol. The number of para-hydroxylation sites is 1. The fourth-order valence-electron chi connectivity index (χ4n) is 2.80. The van der Waals surface area contributed by atoms with E-state index in [0.717, 1.165) is 5.69 Å². The van der Waals surface area contributed by atoms with E-state index in [1.807, 2.05) is 41.8 Å². The molecule has 0 saturated carbocycles. The van der Waals surface area contributed by atoms with Gasteiger partial charge in [0.25, 0.3) is 0 Å². The van der Waals surface area contributed by atoms with Crippen LogP contribution in [-0.4, -0.2) is 45.2 Å². The van der Waals surface area contributed by atoms with Gasteiger partial charge in [-0.15, -0.1) is 10.2 Å². The Balaban J connectivity index is 1.85. The number of benzene rings is 1. The van der Waals surface area contributed by atoms with Crippen LogP contribution in [0.25, 0.3) is 5.69 Å². The lowest BCUT2D eigenvalue weighted by molar-refractivity contribution is -0.139. The number of esters is 1. The zero-order chi connectivity index (χ0) is 19.2. The van der Waals surface area contributed by atoms with Crippen LogP contribution in [0.2, 0.25) is 0 Å². The first-order valence-electron chi connectivity index (χ1n) is 8.70. The molecule has 1 aliphatic heterocycles. The van der Waals surface area contributed by atoms with Gasteiger partial charge in [-0.3, -0.25) is 4.57 Å². The van der Waals surface area contributed by atoms with Crippen molar-refractivity contribution >= 4 is 23.8 Å². The molecule has 2 N–H and O–H groups in total. The Morgan fingerprint density at radius 3 is 2.78 bits per heavy atom. The molecular formula is C18H21N5O3S. The van der Waals surface area contributed by atoms with Crippen LogP contribution < -0.4 is 10.6 Å². The number of rotatable bonds is 7. The molecule has 1 aromatic carbocycles. The van der Waals surface area contributed by atoms with Gasteiger partial charge in [0.05, 0.1) is 18.2 Å². The number of nitrogens with one attached hydrogen (secondary N) is 2. The van der Waals surface area contributed by atoms with Crippen molar-refractivity contribution in [3.63, 3.8) is 0 Å². The molecule has 2 aromatic rings. The molecule has 0 saturated heterocycles. The first-order valence-corrected chi connectivity index (χ1v) is 9.68. The summed E-state index contributed by atoms with van der Waals surface area (Å²) in [6.07, 6.45) is 2.23. The van der Waals surface area contributed by atoms with Gasteiger partial charge in [0, 0.05) is 17.1 Å². The average molecular weight is 387 g/mol. The Bertz CT molecular complexity index is 850. The number of nitrogens with zero attached hydrogens (tertiary/aromatic N) is 3. The van der Waals surface area contributed by atoms with Crippen molar-refractivity contribution in [2.45, 2.75) is 31.5 Å². The molecule has 0 aliphatic carbocycles. The van der Waals surface area contributed by atoms with E-state index in [4.69, 9.17) is 4.74 Å². The van der Waals surface area contributed by atoms with Gasteiger partial charge in [-0.2, -0.15) is 0 Å². The Hall–Kier alpha value is -2.81. The number of ether oxygens (including phenoxy) is 1. The SMILES string of the molecule is CCOC(=O)C1=C(CSc2nncn2-c2ccccc2)NC(=O)N[C@H]1CC. The lowest BCUT2D eigenvalue weighted by Crippen LogP contribution is -2.50. The Morgan fingerprint density at radius 1 is 1.30 bits per heavy atom. The number of amides is 2. The summed E-state index contributed by atoms with van der Waals surface area (Å²) in [6.45, 7) is 3.94. The highest BCUT2D eigenvalue weighted by Gasteiger charge is 2.31. The summed E-state index contributed by atoms with van der Waals surface area (Å²) in [4.78, 5) is 24.4. The first kappa shape index (κ1) is 19.0. The number of urea groups is 1. The maximum Gasteiger partial charge on any atom is 0.337 e. The van der Waals surface area contributed by atoms with Gasteiger partial charge in [-0.25, -0.2) is 9.59 Å². The van der Waals surface area contributed by atoms with Crippen LogP contribution in [0, 0.1) is 0 Å². The van der Waals surface area contributed by atoms with Crippen molar-refractivity contribution in [1.82, 2.24) is 25.4 Å². The molecule has 0 bridgehead atoms. The van der Waals surface area contributed by atoms with E-state index in [1.54, 1.807) is 13.3 Å². The van der Waals surface area contributed by atoms with Gasteiger partial charge >= 0.3 is 12.0 Å². The summed E-state index contributed by atoms with van der Waals surface area (Å²) in [7, 11) is 0. The van der Waals surface area contributed by atoms with E-state index in [0.29, 0.717) is 28.6 Å². The number of aromatic nitrogens is 3. The van der Waals surface area contributed by atoms with E-state index in [-0.39, 0.29) is 18.7 Å². The highest BCUT2D eigenvalue weighted by Crippen LogP contribution is 2.25. The fraction of sp³-hybridized carbons (Fsp3) is 0.333. The summed E-state index contributed by atoms with van der Waals surface area (Å²) in [6, 6.07) is 9.02. The number of hydrogen-bond donors (Lipinski definition) is 2. The van der Waals surface area contributed by atoms with Crippen molar-refractivity contribution in [1.29, 1.82) is 0 Å². The lowest BCUT2D eigenvalue weighted by Gasteiger charge is -2.28. The largest absolute Gasteiger partial charge is 0.463 e. The maximum atomic E-state index is 12.4. The van der Waals surface area contributed by atoms with Crippen molar-refractivity contribution < 1.29 is 14.3 Å².